The normalized spacial score (nSPS) is 10.7. The van der Waals surface area contributed by atoms with Crippen LogP contribution in [0.3, 0.4) is 0 Å². The van der Waals surface area contributed by atoms with E-state index in [0.717, 1.165) is 16.7 Å². The Labute approximate surface area is 128 Å². The van der Waals surface area contributed by atoms with Gasteiger partial charge >= 0.3 is 5.97 Å². The Kier molecular flexibility index (Phi) is 4.63. The van der Waals surface area contributed by atoms with Crippen molar-refractivity contribution in [2.45, 2.75) is 26.7 Å². The number of rotatable bonds is 4. The van der Waals surface area contributed by atoms with E-state index in [1.54, 1.807) is 25.1 Å². The fourth-order valence-electron chi connectivity index (χ4n) is 2.41. The lowest BCUT2D eigenvalue weighted by molar-refractivity contribution is -0.136. The van der Waals surface area contributed by atoms with Gasteiger partial charge in [-0.3, -0.25) is 4.79 Å². The molecular weight excluding hydrogens is 291 g/mol. The topological polar surface area (TPSA) is 37.3 Å². The summed E-state index contributed by atoms with van der Waals surface area (Å²) < 4.78 is 14.1. The molecule has 110 valence electrons. The zero-order chi connectivity index (χ0) is 15.6. The van der Waals surface area contributed by atoms with Crippen molar-refractivity contribution < 1.29 is 14.3 Å². The van der Waals surface area contributed by atoms with E-state index in [0.29, 0.717) is 16.1 Å². The number of aliphatic carboxylic acids is 1. The first-order valence-corrected chi connectivity index (χ1v) is 7.04. The monoisotopic (exact) mass is 306 g/mol. The summed E-state index contributed by atoms with van der Waals surface area (Å²) in [6.45, 7) is 3.62. The van der Waals surface area contributed by atoms with Crippen LogP contribution in [0, 0.1) is 19.7 Å². The van der Waals surface area contributed by atoms with Crippen molar-refractivity contribution >= 4 is 17.6 Å². The number of carboxylic acids is 1. The lowest BCUT2D eigenvalue weighted by Crippen LogP contribution is -2.01. The average Bonchev–Trinajstić information content (AvgIpc) is 2.40. The maximum atomic E-state index is 14.1. The molecule has 0 aliphatic heterocycles. The zero-order valence-electron chi connectivity index (χ0n) is 11.9. The summed E-state index contributed by atoms with van der Waals surface area (Å²) in [6, 6.07) is 9.03. The van der Waals surface area contributed by atoms with Crippen LogP contribution in [0.5, 0.6) is 0 Å². The van der Waals surface area contributed by atoms with E-state index in [1.807, 2.05) is 19.1 Å². The number of aryl methyl sites for hydroxylation is 3. The predicted octanol–water partition coefficient (Wildman–Crippen LogP) is 4.78. The Morgan fingerprint density at radius 2 is 1.95 bits per heavy atom. The largest absolute Gasteiger partial charge is 0.481 e. The van der Waals surface area contributed by atoms with Gasteiger partial charge < -0.3 is 5.11 Å². The molecule has 2 rings (SSSR count). The molecule has 0 saturated carbocycles. The number of carbonyl (C=O) groups is 1. The van der Waals surface area contributed by atoms with Gasteiger partial charge in [-0.15, -0.1) is 0 Å². The highest BCUT2D eigenvalue weighted by Gasteiger charge is 2.13. The van der Waals surface area contributed by atoms with E-state index < -0.39 is 5.97 Å². The lowest BCUT2D eigenvalue weighted by atomic mass is 9.95. The van der Waals surface area contributed by atoms with Crippen molar-refractivity contribution in [2.24, 2.45) is 0 Å². The van der Waals surface area contributed by atoms with Crippen LogP contribution in [0.25, 0.3) is 11.1 Å². The third-order valence-electron chi connectivity index (χ3n) is 3.45. The summed E-state index contributed by atoms with van der Waals surface area (Å²) in [5.41, 5.74) is 3.58. The Hall–Kier alpha value is -1.87. The van der Waals surface area contributed by atoms with Crippen LogP contribution >= 0.6 is 11.6 Å². The first-order valence-electron chi connectivity index (χ1n) is 6.66. The van der Waals surface area contributed by atoms with Gasteiger partial charge in [0.25, 0.3) is 0 Å². The SMILES string of the molecule is Cc1cc(-c2c(C)cccc2Cl)cc(CCC(=O)O)c1F. The molecule has 0 atom stereocenters. The van der Waals surface area contributed by atoms with Gasteiger partial charge in [0.2, 0.25) is 0 Å². The van der Waals surface area contributed by atoms with Crippen LogP contribution in [-0.4, -0.2) is 11.1 Å². The molecule has 1 N–H and O–H groups in total. The molecule has 0 spiro atoms. The molecule has 0 aliphatic carbocycles. The molecule has 0 fully saturated rings. The van der Waals surface area contributed by atoms with Gasteiger partial charge in [-0.25, -0.2) is 4.39 Å². The molecule has 21 heavy (non-hydrogen) atoms. The fraction of sp³-hybridized carbons (Fsp3) is 0.235. The van der Waals surface area contributed by atoms with Gasteiger partial charge in [0.15, 0.2) is 0 Å². The predicted molar refractivity (Wildman–Crippen MR) is 82.3 cm³/mol. The molecule has 0 amide bonds. The molecule has 4 heteroatoms. The van der Waals surface area contributed by atoms with Crippen LogP contribution in [0.4, 0.5) is 4.39 Å². The molecule has 0 heterocycles. The summed E-state index contributed by atoms with van der Waals surface area (Å²) in [5, 5.41) is 9.37. The maximum Gasteiger partial charge on any atom is 0.303 e. The first-order chi connectivity index (χ1) is 9.90. The highest BCUT2D eigenvalue weighted by Crippen LogP contribution is 2.33. The van der Waals surface area contributed by atoms with Crippen LogP contribution in [0.2, 0.25) is 5.02 Å². The Bertz CT molecular complexity index is 675. The minimum Gasteiger partial charge on any atom is -0.481 e. The molecule has 0 aromatic heterocycles. The van der Waals surface area contributed by atoms with Crippen LogP contribution in [0.15, 0.2) is 30.3 Å². The summed E-state index contributed by atoms with van der Waals surface area (Å²) >= 11 is 6.25. The molecule has 0 bridgehead atoms. The van der Waals surface area contributed by atoms with Gasteiger partial charge in [0.1, 0.15) is 5.82 Å². The number of hydrogen-bond acceptors (Lipinski definition) is 1. The van der Waals surface area contributed by atoms with E-state index in [2.05, 4.69) is 0 Å². The smallest absolute Gasteiger partial charge is 0.303 e. The molecule has 2 aromatic rings. The highest BCUT2D eigenvalue weighted by atomic mass is 35.5. The minimum atomic E-state index is -0.939. The molecule has 2 nitrogen and oxygen atoms in total. The first kappa shape index (κ1) is 15.5. The number of benzene rings is 2. The quantitative estimate of drug-likeness (QED) is 0.882. The summed E-state index contributed by atoms with van der Waals surface area (Å²) in [6.07, 6.45) is 0.0701. The second-order valence-corrected chi connectivity index (χ2v) is 5.50. The van der Waals surface area contributed by atoms with Crippen LogP contribution in [-0.2, 0) is 11.2 Å². The van der Waals surface area contributed by atoms with Gasteiger partial charge in [-0.05, 0) is 60.7 Å². The van der Waals surface area contributed by atoms with Crippen molar-refractivity contribution in [2.75, 3.05) is 0 Å². The zero-order valence-corrected chi connectivity index (χ0v) is 12.7. The third kappa shape index (κ3) is 3.42. The highest BCUT2D eigenvalue weighted by molar-refractivity contribution is 6.33. The molecule has 0 unspecified atom stereocenters. The van der Waals surface area contributed by atoms with Gasteiger partial charge in [-0.2, -0.15) is 0 Å². The summed E-state index contributed by atoms with van der Waals surface area (Å²) in [7, 11) is 0. The van der Waals surface area contributed by atoms with E-state index in [-0.39, 0.29) is 18.7 Å². The van der Waals surface area contributed by atoms with Crippen LogP contribution < -0.4 is 0 Å². The molecule has 0 radical (unpaired) electrons. The Morgan fingerprint density at radius 1 is 1.24 bits per heavy atom. The minimum absolute atomic E-state index is 0.0959. The van der Waals surface area contributed by atoms with Gasteiger partial charge in [0, 0.05) is 17.0 Å². The Balaban J connectivity index is 2.53. The second-order valence-electron chi connectivity index (χ2n) is 5.09. The standard InChI is InChI=1S/C17H16ClFO2/c1-10-4-3-5-14(18)16(10)13-8-11(2)17(19)12(9-13)6-7-15(20)21/h3-5,8-9H,6-7H2,1-2H3,(H,20,21). The fourth-order valence-corrected chi connectivity index (χ4v) is 2.74. The van der Waals surface area contributed by atoms with E-state index >= 15 is 0 Å². The van der Waals surface area contributed by atoms with Crippen molar-refractivity contribution in [1.82, 2.24) is 0 Å². The molecule has 0 aliphatic rings. The van der Waals surface area contributed by atoms with Crippen molar-refractivity contribution in [3.05, 3.63) is 57.9 Å². The number of carboxylic acid groups (broad SMARTS) is 1. The number of halogens is 2. The van der Waals surface area contributed by atoms with Crippen molar-refractivity contribution in [3.8, 4) is 11.1 Å². The Morgan fingerprint density at radius 3 is 2.57 bits per heavy atom. The van der Waals surface area contributed by atoms with Gasteiger partial charge in [-0.1, -0.05) is 23.7 Å². The molecule has 0 saturated heterocycles. The molecular formula is C17H16ClFO2. The number of hydrogen-bond donors (Lipinski definition) is 1. The van der Waals surface area contributed by atoms with Crippen LogP contribution in [0.1, 0.15) is 23.1 Å². The van der Waals surface area contributed by atoms with E-state index in [9.17, 15) is 9.18 Å². The lowest BCUT2D eigenvalue weighted by Gasteiger charge is -2.13. The van der Waals surface area contributed by atoms with E-state index in [1.165, 1.54) is 0 Å². The summed E-state index contributed by atoms with van der Waals surface area (Å²) in [4.78, 5) is 10.7. The van der Waals surface area contributed by atoms with Crippen molar-refractivity contribution in [3.63, 3.8) is 0 Å². The average molecular weight is 307 g/mol. The van der Waals surface area contributed by atoms with Crippen molar-refractivity contribution in [1.29, 1.82) is 0 Å². The second kappa shape index (κ2) is 6.27. The molecule has 2 aromatic carbocycles. The third-order valence-corrected chi connectivity index (χ3v) is 3.76. The van der Waals surface area contributed by atoms with Gasteiger partial charge in [0.05, 0.1) is 0 Å². The summed E-state index contributed by atoms with van der Waals surface area (Å²) in [5.74, 6) is -1.28. The van der Waals surface area contributed by atoms with E-state index in [4.69, 9.17) is 16.7 Å². The maximum absolute atomic E-state index is 14.1.